The molecule has 0 aliphatic carbocycles. The SMILES string of the molecule is C=CC(=O)Nc1ccc(C)cc1OC. The van der Waals surface area contributed by atoms with Gasteiger partial charge in [0, 0.05) is 0 Å². The quantitative estimate of drug-likeness (QED) is 0.743. The summed E-state index contributed by atoms with van der Waals surface area (Å²) in [5, 5.41) is 2.66. The second-order valence-corrected chi connectivity index (χ2v) is 2.90. The largest absolute Gasteiger partial charge is 0.495 e. The number of hydrogen-bond donors (Lipinski definition) is 1. The Bertz CT molecular complexity index is 358. The fraction of sp³-hybridized carbons (Fsp3) is 0.182. The van der Waals surface area contributed by atoms with Crippen molar-refractivity contribution in [2.24, 2.45) is 0 Å². The molecule has 0 aliphatic rings. The van der Waals surface area contributed by atoms with Gasteiger partial charge in [-0.25, -0.2) is 0 Å². The number of methoxy groups -OCH3 is 1. The van der Waals surface area contributed by atoms with E-state index in [0.29, 0.717) is 11.4 Å². The Hall–Kier alpha value is -1.77. The molecule has 1 amide bonds. The predicted molar refractivity (Wildman–Crippen MR) is 56.6 cm³/mol. The van der Waals surface area contributed by atoms with Crippen LogP contribution in [0.2, 0.25) is 0 Å². The molecule has 1 aromatic rings. The summed E-state index contributed by atoms with van der Waals surface area (Å²) in [6.45, 7) is 5.34. The third-order valence-corrected chi connectivity index (χ3v) is 1.80. The molecule has 0 unspecified atom stereocenters. The maximum absolute atomic E-state index is 11.0. The van der Waals surface area contributed by atoms with E-state index in [4.69, 9.17) is 4.74 Å². The lowest BCUT2D eigenvalue weighted by Gasteiger charge is -2.09. The van der Waals surface area contributed by atoms with Gasteiger partial charge in [-0.05, 0) is 30.7 Å². The molecule has 1 rings (SSSR count). The number of rotatable bonds is 3. The fourth-order valence-electron chi connectivity index (χ4n) is 1.09. The van der Waals surface area contributed by atoms with E-state index in [-0.39, 0.29) is 5.91 Å². The number of amides is 1. The van der Waals surface area contributed by atoms with Crippen molar-refractivity contribution in [3.63, 3.8) is 0 Å². The standard InChI is InChI=1S/C11H13NO2/c1-4-11(13)12-9-6-5-8(2)7-10(9)14-3/h4-7H,1H2,2-3H3,(H,12,13). The zero-order valence-corrected chi connectivity index (χ0v) is 8.33. The number of nitrogens with one attached hydrogen (secondary N) is 1. The molecule has 0 saturated heterocycles. The number of carbonyl (C=O) groups excluding carboxylic acids is 1. The lowest BCUT2D eigenvalue weighted by molar-refractivity contribution is -0.111. The van der Waals surface area contributed by atoms with E-state index < -0.39 is 0 Å². The van der Waals surface area contributed by atoms with Gasteiger partial charge in [0.2, 0.25) is 5.91 Å². The highest BCUT2D eigenvalue weighted by atomic mass is 16.5. The average Bonchev–Trinajstić information content (AvgIpc) is 2.20. The van der Waals surface area contributed by atoms with Crippen LogP contribution in [0.15, 0.2) is 30.9 Å². The van der Waals surface area contributed by atoms with Gasteiger partial charge >= 0.3 is 0 Å². The van der Waals surface area contributed by atoms with Crippen LogP contribution in [0.25, 0.3) is 0 Å². The van der Waals surface area contributed by atoms with Gasteiger partial charge in [-0.1, -0.05) is 12.6 Å². The van der Waals surface area contributed by atoms with Crippen LogP contribution in [-0.4, -0.2) is 13.0 Å². The molecule has 0 aromatic heterocycles. The van der Waals surface area contributed by atoms with E-state index in [1.807, 2.05) is 19.1 Å². The van der Waals surface area contributed by atoms with Crippen LogP contribution < -0.4 is 10.1 Å². The normalized spacial score (nSPS) is 9.29. The summed E-state index contributed by atoms with van der Waals surface area (Å²) in [7, 11) is 1.57. The van der Waals surface area contributed by atoms with Crippen LogP contribution in [0.1, 0.15) is 5.56 Å². The lowest BCUT2D eigenvalue weighted by atomic mass is 10.2. The molecule has 0 atom stereocenters. The first-order valence-corrected chi connectivity index (χ1v) is 4.25. The number of aryl methyl sites for hydroxylation is 1. The zero-order chi connectivity index (χ0) is 10.6. The van der Waals surface area contributed by atoms with Gasteiger partial charge in [0.25, 0.3) is 0 Å². The predicted octanol–water partition coefficient (Wildman–Crippen LogP) is 2.13. The van der Waals surface area contributed by atoms with Gasteiger partial charge in [-0.2, -0.15) is 0 Å². The summed E-state index contributed by atoms with van der Waals surface area (Å²) in [5.74, 6) is 0.410. The van der Waals surface area contributed by atoms with Gasteiger partial charge in [0.05, 0.1) is 12.8 Å². The van der Waals surface area contributed by atoms with Crippen molar-refractivity contribution >= 4 is 11.6 Å². The number of benzene rings is 1. The third kappa shape index (κ3) is 2.36. The highest BCUT2D eigenvalue weighted by molar-refractivity contribution is 5.99. The minimum atomic E-state index is -0.243. The first-order valence-electron chi connectivity index (χ1n) is 4.25. The van der Waals surface area contributed by atoms with Crippen LogP contribution in [0.3, 0.4) is 0 Å². The van der Waals surface area contributed by atoms with Crippen molar-refractivity contribution in [3.05, 3.63) is 36.4 Å². The molecule has 0 spiro atoms. The topological polar surface area (TPSA) is 38.3 Å². The summed E-state index contributed by atoms with van der Waals surface area (Å²) in [4.78, 5) is 11.0. The van der Waals surface area contributed by atoms with Crippen LogP contribution in [0.4, 0.5) is 5.69 Å². The highest BCUT2D eigenvalue weighted by Crippen LogP contribution is 2.24. The van der Waals surface area contributed by atoms with Crippen molar-refractivity contribution in [1.29, 1.82) is 0 Å². The number of anilines is 1. The Labute approximate surface area is 83.4 Å². The van der Waals surface area contributed by atoms with Gasteiger partial charge < -0.3 is 10.1 Å². The minimum absolute atomic E-state index is 0.243. The summed E-state index contributed by atoms with van der Waals surface area (Å²) >= 11 is 0. The first-order chi connectivity index (χ1) is 6.67. The molecule has 0 fully saturated rings. The molecule has 14 heavy (non-hydrogen) atoms. The van der Waals surface area contributed by atoms with E-state index >= 15 is 0 Å². The fourth-order valence-corrected chi connectivity index (χ4v) is 1.09. The molecule has 0 bridgehead atoms. The Balaban J connectivity index is 2.96. The highest BCUT2D eigenvalue weighted by Gasteiger charge is 2.04. The summed E-state index contributed by atoms with van der Waals surface area (Å²) in [6, 6.07) is 5.56. The average molecular weight is 191 g/mol. The van der Waals surface area contributed by atoms with E-state index in [1.165, 1.54) is 6.08 Å². The maximum atomic E-state index is 11.0. The van der Waals surface area contributed by atoms with Gasteiger partial charge in [-0.15, -0.1) is 0 Å². The zero-order valence-electron chi connectivity index (χ0n) is 8.33. The van der Waals surface area contributed by atoms with E-state index in [0.717, 1.165) is 5.56 Å². The molecular weight excluding hydrogens is 178 g/mol. The number of hydrogen-bond acceptors (Lipinski definition) is 2. The third-order valence-electron chi connectivity index (χ3n) is 1.80. The maximum Gasteiger partial charge on any atom is 0.247 e. The Morgan fingerprint density at radius 3 is 2.86 bits per heavy atom. The van der Waals surface area contributed by atoms with Crippen LogP contribution in [0, 0.1) is 6.92 Å². The van der Waals surface area contributed by atoms with Crippen molar-refractivity contribution in [1.82, 2.24) is 0 Å². The van der Waals surface area contributed by atoms with Gasteiger partial charge in [0.1, 0.15) is 5.75 Å². The molecular formula is C11H13NO2. The van der Waals surface area contributed by atoms with Gasteiger partial charge in [0.15, 0.2) is 0 Å². The molecule has 74 valence electrons. The molecule has 0 radical (unpaired) electrons. The Kier molecular flexibility index (Phi) is 3.29. The first kappa shape index (κ1) is 10.3. The van der Waals surface area contributed by atoms with Crippen molar-refractivity contribution in [2.75, 3.05) is 12.4 Å². The smallest absolute Gasteiger partial charge is 0.247 e. The minimum Gasteiger partial charge on any atom is -0.495 e. The summed E-state index contributed by atoms with van der Waals surface area (Å²) in [6.07, 6.45) is 1.22. The van der Waals surface area contributed by atoms with Crippen molar-refractivity contribution < 1.29 is 9.53 Å². The van der Waals surface area contributed by atoms with Crippen molar-refractivity contribution in [3.8, 4) is 5.75 Å². The molecule has 0 aliphatic heterocycles. The van der Waals surface area contributed by atoms with Crippen molar-refractivity contribution in [2.45, 2.75) is 6.92 Å². The van der Waals surface area contributed by atoms with Crippen LogP contribution in [-0.2, 0) is 4.79 Å². The number of carbonyl (C=O) groups is 1. The second-order valence-electron chi connectivity index (χ2n) is 2.90. The molecule has 1 N–H and O–H groups in total. The summed E-state index contributed by atoms with van der Waals surface area (Å²) < 4.78 is 5.12. The second kappa shape index (κ2) is 4.46. The number of ether oxygens (including phenoxy) is 1. The molecule has 1 aromatic carbocycles. The van der Waals surface area contributed by atoms with E-state index in [1.54, 1.807) is 13.2 Å². The van der Waals surface area contributed by atoms with E-state index in [2.05, 4.69) is 11.9 Å². The Morgan fingerprint density at radius 2 is 2.29 bits per heavy atom. The monoisotopic (exact) mass is 191 g/mol. The van der Waals surface area contributed by atoms with E-state index in [9.17, 15) is 4.79 Å². The Morgan fingerprint density at radius 1 is 1.57 bits per heavy atom. The lowest BCUT2D eigenvalue weighted by Crippen LogP contribution is -2.08. The van der Waals surface area contributed by atoms with Crippen LogP contribution in [0.5, 0.6) is 5.75 Å². The molecule has 0 heterocycles. The molecule has 3 heteroatoms. The summed E-state index contributed by atoms with van der Waals surface area (Å²) in [5.41, 5.74) is 1.74. The van der Waals surface area contributed by atoms with Crippen LogP contribution >= 0.6 is 0 Å². The molecule has 0 saturated carbocycles. The van der Waals surface area contributed by atoms with Gasteiger partial charge in [-0.3, -0.25) is 4.79 Å². The molecule has 3 nitrogen and oxygen atoms in total.